The van der Waals surface area contributed by atoms with Gasteiger partial charge < -0.3 is 15.4 Å². The molecule has 0 radical (unpaired) electrons. The number of pyridine rings is 1. The molecule has 0 aliphatic heterocycles. The highest BCUT2D eigenvalue weighted by molar-refractivity contribution is 5.90. The fourth-order valence-corrected chi connectivity index (χ4v) is 2.52. The van der Waals surface area contributed by atoms with Crippen molar-refractivity contribution in [3.8, 4) is 5.75 Å². The zero-order chi connectivity index (χ0) is 18.2. The van der Waals surface area contributed by atoms with E-state index in [0.29, 0.717) is 17.9 Å². The molecule has 0 atom stereocenters. The minimum Gasteiger partial charge on any atom is -0.497 e. The van der Waals surface area contributed by atoms with Gasteiger partial charge in [0.2, 0.25) is 5.91 Å². The Morgan fingerprint density at radius 3 is 2.58 bits per heavy atom. The molecule has 0 aliphatic rings. The SMILES string of the molecule is COc1cccc(Nc2ccc(NC(=O)CCc3ccccc3)cn2)c1. The third-order valence-electron chi connectivity index (χ3n) is 3.87. The number of carbonyl (C=O) groups excluding carboxylic acids is 1. The van der Waals surface area contributed by atoms with Crippen molar-refractivity contribution in [1.29, 1.82) is 0 Å². The molecule has 2 aromatic carbocycles. The van der Waals surface area contributed by atoms with E-state index in [1.165, 1.54) is 0 Å². The van der Waals surface area contributed by atoms with Crippen LogP contribution in [0.1, 0.15) is 12.0 Å². The number of nitrogens with one attached hydrogen (secondary N) is 2. The van der Waals surface area contributed by atoms with Gasteiger partial charge in [-0.1, -0.05) is 36.4 Å². The maximum absolute atomic E-state index is 12.1. The van der Waals surface area contributed by atoms with Gasteiger partial charge in [-0.25, -0.2) is 4.98 Å². The van der Waals surface area contributed by atoms with Crippen LogP contribution in [-0.4, -0.2) is 18.0 Å². The molecule has 0 aliphatic carbocycles. The quantitative estimate of drug-likeness (QED) is 0.665. The summed E-state index contributed by atoms with van der Waals surface area (Å²) in [5.74, 6) is 1.45. The Balaban J connectivity index is 1.53. The van der Waals surface area contributed by atoms with Gasteiger partial charge in [0.15, 0.2) is 0 Å². The number of carbonyl (C=O) groups is 1. The molecule has 3 aromatic rings. The molecule has 0 unspecified atom stereocenters. The van der Waals surface area contributed by atoms with E-state index in [1.54, 1.807) is 13.3 Å². The zero-order valence-corrected chi connectivity index (χ0v) is 14.6. The van der Waals surface area contributed by atoms with Crippen molar-refractivity contribution in [2.45, 2.75) is 12.8 Å². The Bertz CT molecular complexity index is 849. The van der Waals surface area contributed by atoms with Crippen molar-refractivity contribution in [3.63, 3.8) is 0 Å². The highest BCUT2D eigenvalue weighted by Crippen LogP contribution is 2.20. The molecule has 0 fully saturated rings. The fourth-order valence-electron chi connectivity index (χ4n) is 2.52. The van der Waals surface area contributed by atoms with E-state index < -0.39 is 0 Å². The molecule has 1 aromatic heterocycles. The Labute approximate surface area is 153 Å². The lowest BCUT2D eigenvalue weighted by atomic mass is 10.1. The molecule has 1 heterocycles. The number of ether oxygens (including phenoxy) is 1. The van der Waals surface area contributed by atoms with Crippen LogP contribution in [0.25, 0.3) is 0 Å². The first-order valence-electron chi connectivity index (χ1n) is 8.44. The summed E-state index contributed by atoms with van der Waals surface area (Å²) < 4.78 is 5.20. The van der Waals surface area contributed by atoms with Gasteiger partial charge in [-0.3, -0.25) is 4.79 Å². The molecule has 0 bridgehead atoms. The summed E-state index contributed by atoms with van der Waals surface area (Å²) in [6.07, 6.45) is 2.80. The van der Waals surface area contributed by atoms with Crippen molar-refractivity contribution < 1.29 is 9.53 Å². The average molecular weight is 347 g/mol. The van der Waals surface area contributed by atoms with E-state index in [9.17, 15) is 4.79 Å². The summed E-state index contributed by atoms with van der Waals surface area (Å²) >= 11 is 0. The van der Waals surface area contributed by atoms with Gasteiger partial charge in [0, 0.05) is 18.2 Å². The van der Waals surface area contributed by atoms with Crippen molar-refractivity contribution >= 4 is 23.1 Å². The first-order chi connectivity index (χ1) is 12.7. The second kappa shape index (κ2) is 8.67. The smallest absolute Gasteiger partial charge is 0.224 e. The predicted octanol–water partition coefficient (Wildman–Crippen LogP) is 4.41. The predicted molar refractivity (Wildman–Crippen MR) is 104 cm³/mol. The highest BCUT2D eigenvalue weighted by atomic mass is 16.5. The number of nitrogens with zero attached hydrogens (tertiary/aromatic N) is 1. The summed E-state index contributed by atoms with van der Waals surface area (Å²) in [6, 6.07) is 21.2. The molecule has 5 heteroatoms. The van der Waals surface area contributed by atoms with E-state index >= 15 is 0 Å². The van der Waals surface area contributed by atoms with Crippen LogP contribution in [0.15, 0.2) is 72.9 Å². The molecule has 26 heavy (non-hydrogen) atoms. The van der Waals surface area contributed by atoms with Crippen LogP contribution in [0.3, 0.4) is 0 Å². The van der Waals surface area contributed by atoms with Crippen LogP contribution < -0.4 is 15.4 Å². The van der Waals surface area contributed by atoms with Gasteiger partial charge in [0.05, 0.1) is 19.0 Å². The van der Waals surface area contributed by atoms with E-state index in [2.05, 4.69) is 15.6 Å². The largest absolute Gasteiger partial charge is 0.497 e. The summed E-state index contributed by atoms with van der Waals surface area (Å²) in [7, 11) is 1.63. The first-order valence-corrected chi connectivity index (χ1v) is 8.44. The van der Waals surface area contributed by atoms with Crippen molar-refractivity contribution in [1.82, 2.24) is 4.98 Å². The Kier molecular flexibility index (Phi) is 5.83. The number of aryl methyl sites for hydroxylation is 1. The van der Waals surface area contributed by atoms with E-state index in [4.69, 9.17) is 4.74 Å². The Hall–Kier alpha value is -3.34. The van der Waals surface area contributed by atoms with Gasteiger partial charge in [-0.15, -0.1) is 0 Å². The maximum Gasteiger partial charge on any atom is 0.224 e. The molecule has 0 saturated carbocycles. The Morgan fingerprint density at radius 2 is 1.85 bits per heavy atom. The first kappa shape index (κ1) is 17.5. The standard InChI is InChI=1S/C21H21N3O2/c1-26-19-9-5-8-17(14-19)23-20-12-11-18(15-22-20)24-21(25)13-10-16-6-3-2-4-7-16/h2-9,11-12,14-15H,10,13H2,1H3,(H,22,23)(H,24,25). The van der Waals surface area contributed by atoms with Crippen LogP contribution in [0.4, 0.5) is 17.2 Å². The molecule has 0 spiro atoms. The van der Waals surface area contributed by atoms with Crippen LogP contribution in [-0.2, 0) is 11.2 Å². The van der Waals surface area contributed by atoms with E-state index in [0.717, 1.165) is 23.4 Å². The average Bonchev–Trinajstić information content (AvgIpc) is 2.69. The summed E-state index contributed by atoms with van der Waals surface area (Å²) in [5, 5.41) is 6.07. The third-order valence-corrected chi connectivity index (χ3v) is 3.87. The van der Waals surface area contributed by atoms with Crippen molar-refractivity contribution in [2.75, 3.05) is 17.7 Å². The highest BCUT2D eigenvalue weighted by Gasteiger charge is 2.04. The maximum atomic E-state index is 12.1. The topological polar surface area (TPSA) is 63.2 Å². The fraction of sp³-hybridized carbons (Fsp3) is 0.143. The molecular weight excluding hydrogens is 326 g/mol. The van der Waals surface area contributed by atoms with Crippen LogP contribution in [0, 0.1) is 0 Å². The molecule has 5 nitrogen and oxygen atoms in total. The molecule has 2 N–H and O–H groups in total. The second-order valence-electron chi connectivity index (χ2n) is 5.82. The lowest BCUT2D eigenvalue weighted by Gasteiger charge is -2.09. The number of anilines is 3. The van der Waals surface area contributed by atoms with Gasteiger partial charge in [0.1, 0.15) is 11.6 Å². The number of hydrogen-bond donors (Lipinski definition) is 2. The van der Waals surface area contributed by atoms with Crippen LogP contribution in [0.5, 0.6) is 5.75 Å². The van der Waals surface area contributed by atoms with Gasteiger partial charge >= 0.3 is 0 Å². The molecule has 0 saturated heterocycles. The number of aromatic nitrogens is 1. The normalized spacial score (nSPS) is 10.2. The van der Waals surface area contributed by atoms with Gasteiger partial charge in [-0.2, -0.15) is 0 Å². The van der Waals surface area contributed by atoms with Crippen LogP contribution >= 0.6 is 0 Å². The second-order valence-corrected chi connectivity index (χ2v) is 5.82. The number of methoxy groups -OCH3 is 1. The number of amides is 1. The molecule has 132 valence electrons. The van der Waals surface area contributed by atoms with Gasteiger partial charge in [-0.05, 0) is 36.2 Å². The van der Waals surface area contributed by atoms with Gasteiger partial charge in [0.25, 0.3) is 0 Å². The molecular formula is C21H21N3O2. The summed E-state index contributed by atoms with van der Waals surface area (Å²) in [6.45, 7) is 0. The van der Waals surface area contributed by atoms with Crippen molar-refractivity contribution in [2.24, 2.45) is 0 Å². The Morgan fingerprint density at radius 1 is 1.00 bits per heavy atom. The molecule has 1 amide bonds. The lowest BCUT2D eigenvalue weighted by Crippen LogP contribution is -2.12. The lowest BCUT2D eigenvalue weighted by molar-refractivity contribution is -0.116. The number of benzene rings is 2. The number of rotatable bonds is 7. The van der Waals surface area contributed by atoms with E-state index in [-0.39, 0.29) is 5.91 Å². The van der Waals surface area contributed by atoms with E-state index in [1.807, 2.05) is 66.7 Å². The number of hydrogen-bond acceptors (Lipinski definition) is 4. The third kappa shape index (κ3) is 5.08. The molecule has 3 rings (SSSR count). The van der Waals surface area contributed by atoms with Crippen LogP contribution in [0.2, 0.25) is 0 Å². The monoisotopic (exact) mass is 347 g/mol. The summed E-state index contributed by atoms with van der Waals surface area (Å²) in [4.78, 5) is 16.4. The summed E-state index contributed by atoms with van der Waals surface area (Å²) in [5.41, 5.74) is 2.72. The van der Waals surface area contributed by atoms with Crippen molar-refractivity contribution in [3.05, 3.63) is 78.5 Å². The zero-order valence-electron chi connectivity index (χ0n) is 14.6. The minimum atomic E-state index is -0.0239. The minimum absolute atomic E-state index is 0.0239.